The van der Waals surface area contributed by atoms with Crippen molar-refractivity contribution in [3.8, 4) is 0 Å². The zero-order valence-corrected chi connectivity index (χ0v) is 13.4. The number of likely N-dealkylation sites (N-methyl/N-ethyl adjacent to an activating group) is 1. The molecule has 0 bridgehead atoms. The summed E-state index contributed by atoms with van der Waals surface area (Å²) in [6.07, 6.45) is 11.2. The Labute approximate surface area is 120 Å². The molecule has 2 heteroatoms. The van der Waals surface area contributed by atoms with Crippen LogP contribution in [0.2, 0.25) is 0 Å². The second kappa shape index (κ2) is 8.76. The fourth-order valence-electron chi connectivity index (χ4n) is 3.39. The van der Waals surface area contributed by atoms with Gasteiger partial charge in [0.1, 0.15) is 0 Å². The first kappa shape index (κ1) is 16.7. The van der Waals surface area contributed by atoms with E-state index >= 15 is 0 Å². The van der Waals surface area contributed by atoms with E-state index in [1.54, 1.807) is 5.57 Å². The lowest BCUT2D eigenvalue weighted by molar-refractivity contribution is -0.0639. The van der Waals surface area contributed by atoms with Crippen molar-refractivity contribution in [2.75, 3.05) is 13.2 Å². The average Bonchev–Trinajstić information content (AvgIpc) is 2.71. The molecular weight excluding hydrogens is 234 g/mol. The van der Waals surface area contributed by atoms with Gasteiger partial charge in [0.2, 0.25) is 0 Å². The van der Waals surface area contributed by atoms with Gasteiger partial charge in [-0.25, -0.2) is 0 Å². The summed E-state index contributed by atoms with van der Waals surface area (Å²) in [6.45, 7) is 10.7. The van der Waals surface area contributed by atoms with Crippen LogP contribution in [-0.2, 0) is 4.74 Å². The monoisotopic (exact) mass is 267 g/mol. The Morgan fingerprint density at radius 1 is 1.16 bits per heavy atom. The molecule has 0 amide bonds. The van der Waals surface area contributed by atoms with Crippen LogP contribution < -0.4 is 5.32 Å². The van der Waals surface area contributed by atoms with E-state index in [2.05, 4.69) is 39.1 Å². The zero-order chi connectivity index (χ0) is 14.1. The molecular formula is C17H33NO. The first-order valence-electron chi connectivity index (χ1n) is 8.30. The predicted octanol–water partition coefficient (Wildman–Crippen LogP) is 4.45. The lowest BCUT2D eigenvalue weighted by Gasteiger charge is -2.41. The van der Waals surface area contributed by atoms with Crippen molar-refractivity contribution >= 4 is 0 Å². The molecule has 0 spiro atoms. The van der Waals surface area contributed by atoms with Gasteiger partial charge in [0, 0.05) is 6.61 Å². The summed E-state index contributed by atoms with van der Waals surface area (Å²) in [5, 5.41) is 3.71. The van der Waals surface area contributed by atoms with Crippen molar-refractivity contribution in [3.63, 3.8) is 0 Å². The zero-order valence-electron chi connectivity index (χ0n) is 13.4. The van der Waals surface area contributed by atoms with Gasteiger partial charge >= 0.3 is 0 Å². The van der Waals surface area contributed by atoms with Gasteiger partial charge in [0.05, 0.1) is 11.6 Å². The van der Waals surface area contributed by atoms with Crippen molar-refractivity contribution in [1.29, 1.82) is 0 Å². The topological polar surface area (TPSA) is 21.3 Å². The molecule has 0 aromatic heterocycles. The fraction of sp³-hybridized carbons (Fsp3) is 0.882. The van der Waals surface area contributed by atoms with Crippen molar-refractivity contribution in [2.24, 2.45) is 0 Å². The molecule has 0 saturated carbocycles. The quantitative estimate of drug-likeness (QED) is 0.656. The minimum atomic E-state index is -0.0269. The van der Waals surface area contributed by atoms with Crippen LogP contribution in [-0.4, -0.2) is 24.8 Å². The molecule has 1 aliphatic carbocycles. The lowest BCUT2D eigenvalue weighted by atomic mass is 9.82. The summed E-state index contributed by atoms with van der Waals surface area (Å²) in [4.78, 5) is 0. The largest absolute Gasteiger partial charge is 0.373 e. The van der Waals surface area contributed by atoms with Gasteiger partial charge in [-0.1, -0.05) is 38.8 Å². The molecule has 0 radical (unpaired) electrons. The molecule has 1 rings (SSSR count). The van der Waals surface area contributed by atoms with Crippen molar-refractivity contribution in [2.45, 2.75) is 84.3 Å². The fourth-order valence-corrected chi connectivity index (χ4v) is 3.39. The first-order valence-corrected chi connectivity index (χ1v) is 8.30. The third-order valence-electron chi connectivity index (χ3n) is 4.51. The molecule has 0 saturated heterocycles. The molecule has 2 nitrogen and oxygen atoms in total. The number of rotatable bonds is 8. The highest BCUT2D eigenvalue weighted by atomic mass is 16.5. The van der Waals surface area contributed by atoms with Gasteiger partial charge < -0.3 is 10.1 Å². The average molecular weight is 267 g/mol. The van der Waals surface area contributed by atoms with Gasteiger partial charge in [-0.15, -0.1) is 0 Å². The van der Waals surface area contributed by atoms with Crippen LogP contribution in [0.1, 0.15) is 72.6 Å². The normalized spacial score (nSPS) is 18.8. The molecule has 112 valence electrons. The molecule has 0 aliphatic heterocycles. The summed E-state index contributed by atoms with van der Waals surface area (Å²) in [7, 11) is 0. The van der Waals surface area contributed by atoms with Crippen LogP contribution in [0.25, 0.3) is 0 Å². The van der Waals surface area contributed by atoms with E-state index in [1.165, 1.54) is 32.1 Å². The van der Waals surface area contributed by atoms with E-state index in [0.29, 0.717) is 6.04 Å². The number of hydrogen-bond donors (Lipinski definition) is 1. The molecule has 1 unspecified atom stereocenters. The van der Waals surface area contributed by atoms with Crippen LogP contribution in [0.15, 0.2) is 11.6 Å². The molecule has 1 aliphatic rings. The van der Waals surface area contributed by atoms with Gasteiger partial charge in [-0.2, -0.15) is 0 Å². The number of ether oxygens (including phenoxy) is 1. The van der Waals surface area contributed by atoms with Crippen LogP contribution in [0.5, 0.6) is 0 Å². The standard InChI is InChI=1S/C17H33NO/c1-5-17(6-2,19-8-4)16(18-7-3)15-13-11-9-10-12-14-15/h13,16,18H,5-12,14H2,1-4H3. The highest BCUT2D eigenvalue weighted by molar-refractivity contribution is 5.18. The van der Waals surface area contributed by atoms with E-state index in [9.17, 15) is 0 Å². The summed E-state index contributed by atoms with van der Waals surface area (Å²) < 4.78 is 6.23. The Kier molecular flexibility index (Phi) is 7.70. The smallest absolute Gasteiger partial charge is 0.0867 e. The van der Waals surface area contributed by atoms with Crippen molar-refractivity contribution < 1.29 is 4.74 Å². The Balaban J connectivity index is 2.97. The molecule has 19 heavy (non-hydrogen) atoms. The Morgan fingerprint density at radius 2 is 1.89 bits per heavy atom. The number of allylic oxidation sites excluding steroid dienone is 1. The number of hydrogen-bond acceptors (Lipinski definition) is 2. The van der Waals surface area contributed by atoms with E-state index < -0.39 is 0 Å². The van der Waals surface area contributed by atoms with Gasteiger partial charge in [-0.3, -0.25) is 0 Å². The van der Waals surface area contributed by atoms with Gasteiger partial charge in [0.15, 0.2) is 0 Å². The van der Waals surface area contributed by atoms with Crippen LogP contribution in [0.3, 0.4) is 0 Å². The number of nitrogens with one attached hydrogen (secondary N) is 1. The van der Waals surface area contributed by atoms with E-state index in [4.69, 9.17) is 4.74 Å². The maximum atomic E-state index is 6.23. The highest BCUT2D eigenvalue weighted by Crippen LogP contribution is 2.33. The lowest BCUT2D eigenvalue weighted by Crippen LogP contribution is -2.53. The molecule has 0 aromatic rings. The second-order valence-corrected chi connectivity index (χ2v) is 5.57. The first-order chi connectivity index (χ1) is 9.24. The molecule has 1 N–H and O–H groups in total. The van der Waals surface area contributed by atoms with Crippen molar-refractivity contribution in [3.05, 3.63) is 11.6 Å². The molecule has 0 heterocycles. The Bertz CT molecular complexity index is 268. The summed E-state index contributed by atoms with van der Waals surface area (Å²) in [6, 6.07) is 0.394. The third-order valence-corrected chi connectivity index (χ3v) is 4.51. The van der Waals surface area contributed by atoms with Gasteiger partial charge in [-0.05, 0) is 52.0 Å². The van der Waals surface area contributed by atoms with Crippen LogP contribution in [0.4, 0.5) is 0 Å². The summed E-state index contributed by atoms with van der Waals surface area (Å²) >= 11 is 0. The minimum absolute atomic E-state index is 0.0269. The third kappa shape index (κ3) is 4.32. The summed E-state index contributed by atoms with van der Waals surface area (Å²) in [5.74, 6) is 0. The van der Waals surface area contributed by atoms with Crippen molar-refractivity contribution in [1.82, 2.24) is 5.32 Å². The van der Waals surface area contributed by atoms with E-state index in [0.717, 1.165) is 26.0 Å². The van der Waals surface area contributed by atoms with Crippen LogP contribution in [0, 0.1) is 0 Å². The SMILES string of the molecule is CCNC(C1=CCCCCC1)C(CC)(CC)OCC. The molecule has 0 aromatic carbocycles. The Hall–Kier alpha value is -0.340. The maximum Gasteiger partial charge on any atom is 0.0867 e. The molecule has 1 atom stereocenters. The van der Waals surface area contributed by atoms with E-state index in [1.807, 2.05) is 0 Å². The highest BCUT2D eigenvalue weighted by Gasteiger charge is 2.38. The molecule has 0 fully saturated rings. The summed E-state index contributed by atoms with van der Waals surface area (Å²) in [5.41, 5.74) is 1.57. The van der Waals surface area contributed by atoms with E-state index in [-0.39, 0.29) is 5.60 Å². The maximum absolute atomic E-state index is 6.23. The van der Waals surface area contributed by atoms with Gasteiger partial charge in [0.25, 0.3) is 0 Å². The van der Waals surface area contributed by atoms with Crippen LogP contribution >= 0.6 is 0 Å². The minimum Gasteiger partial charge on any atom is -0.373 e. The predicted molar refractivity (Wildman–Crippen MR) is 83.6 cm³/mol. The Morgan fingerprint density at radius 3 is 2.47 bits per heavy atom. The second-order valence-electron chi connectivity index (χ2n) is 5.57.